The van der Waals surface area contributed by atoms with Gasteiger partial charge in [-0.15, -0.1) is 0 Å². The predicted molar refractivity (Wildman–Crippen MR) is 75.6 cm³/mol. The third kappa shape index (κ3) is 1.87. The lowest BCUT2D eigenvalue weighted by molar-refractivity contribution is 0.619. The summed E-state index contributed by atoms with van der Waals surface area (Å²) in [6.07, 6.45) is 0. The van der Waals surface area contributed by atoms with Crippen LogP contribution < -0.4 is 5.43 Å². The third-order valence-corrected chi connectivity index (χ3v) is 3.42. The molecule has 2 nitrogen and oxygen atoms in total. The molecule has 0 atom stereocenters. The van der Waals surface area contributed by atoms with E-state index in [4.69, 9.17) is 4.42 Å². The molecule has 0 aliphatic heterocycles. The average molecular weight is 301 g/mol. The summed E-state index contributed by atoms with van der Waals surface area (Å²) in [5, 5.41) is 0.581. The van der Waals surface area contributed by atoms with Crippen LogP contribution in [0.25, 0.3) is 22.3 Å². The molecule has 0 saturated carbocycles. The second kappa shape index (κ2) is 4.42. The van der Waals surface area contributed by atoms with Crippen molar-refractivity contribution >= 4 is 26.9 Å². The summed E-state index contributed by atoms with van der Waals surface area (Å²) in [6, 6.07) is 16.6. The van der Waals surface area contributed by atoms with E-state index < -0.39 is 0 Å². The van der Waals surface area contributed by atoms with Crippen LogP contribution in [-0.4, -0.2) is 0 Å². The van der Waals surface area contributed by atoms with Crippen molar-refractivity contribution in [2.24, 2.45) is 0 Å². The van der Waals surface area contributed by atoms with Gasteiger partial charge in [0.05, 0.1) is 5.39 Å². The minimum absolute atomic E-state index is 0.0393. The molecule has 3 rings (SSSR count). The Morgan fingerprint density at radius 3 is 2.50 bits per heavy atom. The zero-order valence-corrected chi connectivity index (χ0v) is 11.0. The fourth-order valence-corrected chi connectivity index (χ4v) is 2.46. The smallest absolute Gasteiger partial charge is 0.194 e. The Hall–Kier alpha value is -1.87. The maximum atomic E-state index is 12.1. The van der Waals surface area contributed by atoms with Gasteiger partial charge >= 0.3 is 0 Å². The number of benzene rings is 2. The van der Waals surface area contributed by atoms with Gasteiger partial charge in [0.15, 0.2) is 5.43 Å². The molecule has 1 aromatic heterocycles. The lowest BCUT2D eigenvalue weighted by Crippen LogP contribution is -2.00. The molecule has 0 saturated heterocycles. The molecule has 0 radical (unpaired) electrons. The van der Waals surface area contributed by atoms with Crippen LogP contribution in [0.15, 0.2) is 68.3 Å². The van der Waals surface area contributed by atoms with Crippen molar-refractivity contribution in [1.82, 2.24) is 0 Å². The second-order valence-electron chi connectivity index (χ2n) is 3.95. The number of halogens is 1. The molecule has 88 valence electrons. The maximum Gasteiger partial charge on any atom is 0.194 e. The number of hydrogen-bond donors (Lipinski definition) is 0. The van der Waals surface area contributed by atoms with E-state index in [0.29, 0.717) is 16.7 Å². The molecule has 18 heavy (non-hydrogen) atoms. The van der Waals surface area contributed by atoms with Gasteiger partial charge in [0.25, 0.3) is 0 Å². The largest absolute Gasteiger partial charge is 0.456 e. The molecule has 0 aliphatic carbocycles. The fraction of sp³-hybridized carbons (Fsp3) is 0. The van der Waals surface area contributed by atoms with Gasteiger partial charge in [0, 0.05) is 16.1 Å². The topological polar surface area (TPSA) is 30.2 Å². The van der Waals surface area contributed by atoms with Crippen LogP contribution in [0, 0.1) is 0 Å². The summed E-state index contributed by atoms with van der Waals surface area (Å²) >= 11 is 3.37. The van der Waals surface area contributed by atoms with Crippen LogP contribution in [0.2, 0.25) is 0 Å². The minimum Gasteiger partial charge on any atom is -0.456 e. The summed E-state index contributed by atoms with van der Waals surface area (Å²) in [5.41, 5.74) is 1.45. The van der Waals surface area contributed by atoms with Gasteiger partial charge in [-0.1, -0.05) is 36.4 Å². The van der Waals surface area contributed by atoms with Crippen molar-refractivity contribution in [3.8, 4) is 11.3 Å². The molecule has 3 heteroatoms. The molecule has 2 aromatic carbocycles. The van der Waals surface area contributed by atoms with Gasteiger partial charge in [-0.05, 0) is 28.1 Å². The SMILES string of the molecule is O=c1cc(-c2ccccc2)oc2cccc(Br)c12. The Kier molecular flexibility index (Phi) is 2.76. The van der Waals surface area contributed by atoms with Crippen molar-refractivity contribution in [3.05, 3.63) is 69.3 Å². The van der Waals surface area contributed by atoms with Crippen molar-refractivity contribution in [2.75, 3.05) is 0 Å². The van der Waals surface area contributed by atoms with E-state index in [1.807, 2.05) is 42.5 Å². The van der Waals surface area contributed by atoms with Crippen LogP contribution in [0.3, 0.4) is 0 Å². The van der Waals surface area contributed by atoms with Gasteiger partial charge in [0.2, 0.25) is 0 Å². The van der Waals surface area contributed by atoms with E-state index >= 15 is 0 Å². The zero-order chi connectivity index (χ0) is 12.5. The minimum atomic E-state index is -0.0393. The lowest BCUT2D eigenvalue weighted by Gasteiger charge is -2.03. The van der Waals surface area contributed by atoms with E-state index in [2.05, 4.69) is 15.9 Å². The standard InChI is InChI=1S/C15H9BrO2/c16-11-7-4-8-13-15(11)12(17)9-14(18-13)10-5-2-1-3-6-10/h1-9H. The highest BCUT2D eigenvalue weighted by atomic mass is 79.9. The van der Waals surface area contributed by atoms with Crippen LogP contribution in [0.4, 0.5) is 0 Å². The number of fused-ring (bicyclic) bond motifs is 1. The Morgan fingerprint density at radius 1 is 0.944 bits per heavy atom. The molecular weight excluding hydrogens is 292 g/mol. The molecule has 3 aromatic rings. The maximum absolute atomic E-state index is 12.1. The monoisotopic (exact) mass is 300 g/mol. The lowest BCUT2D eigenvalue weighted by atomic mass is 10.1. The highest BCUT2D eigenvalue weighted by Gasteiger charge is 2.08. The van der Waals surface area contributed by atoms with Crippen LogP contribution in [0.5, 0.6) is 0 Å². The van der Waals surface area contributed by atoms with Crippen LogP contribution in [0.1, 0.15) is 0 Å². The van der Waals surface area contributed by atoms with E-state index in [1.165, 1.54) is 6.07 Å². The van der Waals surface area contributed by atoms with Crippen molar-refractivity contribution in [3.63, 3.8) is 0 Å². The predicted octanol–water partition coefficient (Wildman–Crippen LogP) is 4.22. The first kappa shape index (κ1) is 11.2. The number of hydrogen-bond acceptors (Lipinski definition) is 2. The van der Waals surface area contributed by atoms with Crippen LogP contribution >= 0.6 is 15.9 Å². The first-order chi connectivity index (χ1) is 8.75. The van der Waals surface area contributed by atoms with Crippen LogP contribution in [-0.2, 0) is 0 Å². The Bertz CT molecular complexity index is 760. The normalized spacial score (nSPS) is 10.7. The van der Waals surface area contributed by atoms with Gasteiger partial charge in [0.1, 0.15) is 11.3 Å². The summed E-state index contributed by atoms with van der Waals surface area (Å²) in [6.45, 7) is 0. The van der Waals surface area contributed by atoms with Gasteiger partial charge in [-0.25, -0.2) is 0 Å². The molecule has 0 unspecified atom stereocenters. The van der Waals surface area contributed by atoms with Crippen molar-refractivity contribution in [1.29, 1.82) is 0 Å². The molecule has 0 bridgehead atoms. The quantitative estimate of drug-likeness (QED) is 0.673. The van der Waals surface area contributed by atoms with Crippen molar-refractivity contribution in [2.45, 2.75) is 0 Å². The molecular formula is C15H9BrO2. The zero-order valence-electron chi connectivity index (χ0n) is 9.39. The highest BCUT2D eigenvalue weighted by Crippen LogP contribution is 2.25. The Morgan fingerprint density at radius 2 is 1.72 bits per heavy atom. The van der Waals surface area contributed by atoms with E-state index in [1.54, 1.807) is 6.07 Å². The first-order valence-corrected chi connectivity index (χ1v) is 6.33. The summed E-state index contributed by atoms with van der Waals surface area (Å²) in [5.74, 6) is 0.589. The molecule has 0 spiro atoms. The highest BCUT2D eigenvalue weighted by molar-refractivity contribution is 9.10. The second-order valence-corrected chi connectivity index (χ2v) is 4.81. The Labute approximate surface area is 112 Å². The van der Waals surface area contributed by atoms with E-state index in [-0.39, 0.29) is 5.43 Å². The Balaban J connectivity index is 2.33. The average Bonchev–Trinajstić information content (AvgIpc) is 2.39. The van der Waals surface area contributed by atoms with E-state index in [9.17, 15) is 4.79 Å². The third-order valence-electron chi connectivity index (χ3n) is 2.76. The summed E-state index contributed by atoms with van der Waals surface area (Å²) in [7, 11) is 0. The summed E-state index contributed by atoms with van der Waals surface area (Å²) < 4.78 is 6.54. The summed E-state index contributed by atoms with van der Waals surface area (Å²) in [4.78, 5) is 12.1. The molecule has 1 heterocycles. The van der Waals surface area contributed by atoms with E-state index in [0.717, 1.165) is 10.0 Å². The van der Waals surface area contributed by atoms with Gasteiger partial charge in [-0.2, -0.15) is 0 Å². The van der Waals surface area contributed by atoms with Gasteiger partial charge < -0.3 is 4.42 Å². The molecule has 0 N–H and O–H groups in total. The number of rotatable bonds is 1. The van der Waals surface area contributed by atoms with Crippen molar-refractivity contribution < 1.29 is 4.42 Å². The molecule has 0 aliphatic rings. The first-order valence-electron chi connectivity index (χ1n) is 5.53. The molecule has 0 amide bonds. The fourth-order valence-electron chi connectivity index (χ4n) is 1.91. The van der Waals surface area contributed by atoms with Gasteiger partial charge in [-0.3, -0.25) is 4.79 Å². The molecule has 0 fully saturated rings.